The minimum Gasteiger partial charge on any atom is -0.469 e. The molecule has 0 aliphatic rings. The maximum Gasteiger partial charge on any atom is 0.305 e. The molecule has 0 bridgehead atoms. The van der Waals surface area contributed by atoms with Crippen LogP contribution in [0.25, 0.3) is 0 Å². The van der Waals surface area contributed by atoms with Gasteiger partial charge in [0.15, 0.2) is 0 Å². The van der Waals surface area contributed by atoms with Crippen molar-refractivity contribution in [1.29, 1.82) is 0 Å². The topological polar surface area (TPSA) is 43.4 Å². The van der Waals surface area contributed by atoms with Crippen LogP contribution in [0.3, 0.4) is 0 Å². The molecular formula is C13H18O3S. The van der Waals surface area contributed by atoms with Gasteiger partial charge in [-0.3, -0.25) is 9.00 Å². The van der Waals surface area contributed by atoms with Gasteiger partial charge in [-0.15, -0.1) is 0 Å². The average Bonchev–Trinajstić information content (AvgIpc) is 2.32. The molecule has 4 heteroatoms. The highest BCUT2D eigenvalue weighted by molar-refractivity contribution is 7.84. The molecule has 1 aromatic rings. The first-order valence-electron chi connectivity index (χ1n) is 5.59. The SMILES string of the molecule is COC(=O)CCCS(=O)Cc1ccccc1C. The highest BCUT2D eigenvalue weighted by Gasteiger charge is 2.06. The summed E-state index contributed by atoms with van der Waals surface area (Å²) in [5.74, 6) is 0.870. The molecule has 0 amide bonds. The van der Waals surface area contributed by atoms with Crippen LogP contribution in [-0.2, 0) is 26.1 Å². The minimum atomic E-state index is -0.907. The number of ether oxygens (including phenoxy) is 1. The van der Waals surface area contributed by atoms with E-state index in [1.54, 1.807) is 0 Å². The summed E-state index contributed by atoms with van der Waals surface area (Å²) >= 11 is 0. The monoisotopic (exact) mass is 254 g/mol. The predicted molar refractivity (Wildman–Crippen MR) is 69.1 cm³/mol. The van der Waals surface area contributed by atoms with Crippen LogP contribution in [0.1, 0.15) is 24.0 Å². The number of rotatable bonds is 6. The molecule has 0 N–H and O–H groups in total. The van der Waals surface area contributed by atoms with Crippen LogP contribution < -0.4 is 0 Å². The maximum absolute atomic E-state index is 11.8. The fourth-order valence-corrected chi connectivity index (χ4v) is 2.78. The highest BCUT2D eigenvalue weighted by Crippen LogP contribution is 2.10. The number of hydrogen-bond acceptors (Lipinski definition) is 3. The predicted octanol–water partition coefficient (Wildman–Crippen LogP) is 2.20. The number of hydrogen-bond donors (Lipinski definition) is 0. The standard InChI is InChI=1S/C13H18O3S/c1-11-6-3-4-7-12(11)10-17(15)9-5-8-13(14)16-2/h3-4,6-7H,5,8-10H2,1-2H3. The van der Waals surface area contributed by atoms with E-state index in [-0.39, 0.29) is 5.97 Å². The normalized spacial score (nSPS) is 12.1. The van der Waals surface area contributed by atoms with Crippen LogP contribution in [0.15, 0.2) is 24.3 Å². The van der Waals surface area contributed by atoms with Gasteiger partial charge in [0.25, 0.3) is 0 Å². The summed E-state index contributed by atoms with van der Waals surface area (Å²) < 4.78 is 16.3. The summed E-state index contributed by atoms with van der Waals surface area (Å²) in [6.45, 7) is 2.01. The van der Waals surface area contributed by atoms with E-state index >= 15 is 0 Å². The summed E-state index contributed by atoms with van der Waals surface area (Å²) in [6, 6.07) is 7.93. The molecule has 1 aromatic carbocycles. The van der Waals surface area contributed by atoms with Crippen molar-refractivity contribution in [2.24, 2.45) is 0 Å². The fraction of sp³-hybridized carbons (Fsp3) is 0.462. The Bertz CT molecular complexity index is 401. The molecule has 0 fully saturated rings. The van der Waals surface area contributed by atoms with Gasteiger partial charge in [-0.05, 0) is 24.5 Å². The first-order chi connectivity index (χ1) is 8.13. The summed E-state index contributed by atoms with van der Waals surface area (Å²) in [7, 11) is 0.460. The lowest BCUT2D eigenvalue weighted by Crippen LogP contribution is -2.06. The quantitative estimate of drug-likeness (QED) is 0.731. The molecule has 0 aliphatic heterocycles. The lowest BCUT2D eigenvalue weighted by atomic mass is 10.1. The zero-order chi connectivity index (χ0) is 12.7. The second kappa shape index (κ2) is 7.22. The Morgan fingerprint density at radius 1 is 1.35 bits per heavy atom. The van der Waals surface area contributed by atoms with E-state index in [1.807, 2.05) is 31.2 Å². The van der Waals surface area contributed by atoms with Gasteiger partial charge >= 0.3 is 5.97 Å². The Balaban J connectivity index is 2.35. The molecule has 94 valence electrons. The molecule has 1 unspecified atom stereocenters. The molecule has 0 aliphatic carbocycles. The Kier molecular flexibility index (Phi) is 5.91. The van der Waals surface area contributed by atoms with Gasteiger partial charge in [0, 0.05) is 28.7 Å². The van der Waals surface area contributed by atoms with Crippen molar-refractivity contribution in [2.75, 3.05) is 12.9 Å². The molecule has 1 rings (SSSR count). The van der Waals surface area contributed by atoms with E-state index < -0.39 is 10.8 Å². The zero-order valence-corrected chi connectivity index (χ0v) is 11.1. The van der Waals surface area contributed by atoms with Crippen molar-refractivity contribution in [2.45, 2.75) is 25.5 Å². The van der Waals surface area contributed by atoms with E-state index in [2.05, 4.69) is 4.74 Å². The number of carbonyl (C=O) groups is 1. The lowest BCUT2D eigenvalue weighted by Gasteiger charge is -2.05. The molecule has 1 atom stereocenters. The van der Waals surface area contributed by atoms with Crippen LogP contribution in [-0.4, -0.2) is 23.0 Å². The Hall–Kier alpha value is -1.16. The third kappa shape index (κ3) is 5.13. The summed E-state index contributed by atoms with van der Waals surface area (Å²) in [4.78, 5) is 10.9. The fourth-order valence-electron chi connectivity index (χ4n) is 1.50. The molecule has 0 aromatic heterocycles. The molecule has 0 radical (unpaired) electrons. The van der Waals surface area contributed by atoms with E-state index in [9.17, 15) is 9.00 Å². The largest absolute Gasteiger partial charge is 0.469 e. The average molecular weight is 254 g/mol. The van der Waals surface area contributed by atoms with Crippen molar-refractivity contribution in [1.82, 2.24) is 0 Å². The van der Waals surface area contributed by atoms with Crippen LogP contribution >= 0.6 is 0 Å². The zero-order valence-electron chi connectivity index (χ0n) is 10.3. The smallest absolute Gasteiger partial charge is 0.305 e. The number of methoxy groups -OCH3 is 1. The number of esters is 1. The minimum absolute atomic E-state index is 0.238. The van der Waals surface area contributed by atoms with Crippen LogP contribution in [0.2, 0.25) is 0 Å². The van der Waals surface area contributed by atoms with E-state index in [1.165, 1.54) is 7.11 Å². The van der Waals surface area contributed by atoms with Crippen molar-refractivity contribution in [3.05, 3.63) is 35.4 Å². The first kappa shape index (κ1) is 13.9. The van der Waals surface area contributed by atoms with E-state index in [0.29, 0.717) is 24.3 Å². The van der Waals surface area contributed by atoms with Crippen molar-refractivity contribution >= 4 is 16.8 Å². The van der Waals surface area contributed by atoms with Crippen molar-refractivity contribution in [3.63, 3.8) is 0 Å². The molecule has 0 saturated heterocycles. The van der Waals surface area contributed by atoms with E-state index in [0.717, 1.165) is 11.1 Å². The van der Waals surface area contributed by atoms with Gasteiger partial charge in [0.2, 0.25) is 0 Å². The third-order valence-corrected chi connectivity index (χ3v) is 3.94. The molecule has 0 spiro atoms. The summed E-state index contributed by atoms with van der Waals surface area (Å²) in [6.07, 6.45) is 0.960. The number of carbonyl (C=O) groups excluding carboxylic acids is 1. The second-order valence-corrected chi connectivity index (χ2v) is 5.47. The first-order valence-corrected chi connectivity index (χ1v) is 7.08. The molecule has 0 heterocycles. The van der Waals surface area contributed by atoms with Crippen molar-refractivity contribution < 1.29 is 13.7 Å². The summed E-state index contributed by atoms with van der Waals surface area (Å²) in [5, 5.41) is 0. The van der Waals surface area contributed by atoms with Crippen LogP contribution in [0.4, 0.5) is 0 Å². The van der Waals surface area contributed by atoms with Gasteiger partial charge in [-0.2, -0.15) is 0 Å². The number of aryl methyl sites for hydroxylation is 1. The molecule has 0 saturated carbocycles. The number of benzene rings is 1. The lowest BCUT2D eigenvalue weighted by molar-refractivity contribution is -0.140. The van der Waals surface area contributed by atoms with Crippen LogP contribution in [0, 0.1) is 6.92 Å². The second-order valence-electron chi connectivity index (χ2n) is 3.89. The van der Waals surface area contributed by atoms with Gasteiger partial charge in [0.05, 0.1) is 7.11 Å². The Morgan fingerprint density at radius 2 is 2.06 bits per heavy atom. The van der Waals surface area contributed by atoms with Gasteiger partial charge in [-0.1, -0.05) is 24.3 Å². The van der Waals surface area contributed by atoms with E-state index in [4.69, 9.17) is 0 Å². The van der Waals surface area contributed by atoms with Gasteiger partial charge in [-0.25, -0.2) is 0 Å². The molecular weight excluding hydrogens is 236 g/mol. The van der Waals surface area contributed by atoms with Crippen LogP contribution in [0.5, 0.6) is 0 Å². The Morgan fingerprint density at radius 3 is 2.71 bits per heavy atom. The molecule has 3 nitrogen and oxygen atoms in total. The Labute approximate surface area is 105 Å². The third-order valence-electron chi connectivity index (χ3n) is 2.56. The van der Waals surface area contributed by atoms with Gasteiger partial charge in [0.1, 0.15) is 0 Å². The van der Waals surface area contributed by atoms with Crippen molar-refractivity contribution in [3.8, 4) is 0 Å². The summed E-state index contributed by atoms with van der Waals surface area (Å²) in [5.41, 5.74) is 2.28. The highest BCUT2D eigenvalue weighted by atomic mass is 32.2. The maximum atomic E-state index is 11.8. The molecule has 17 heavy (non-hydrogen) atoms. The van der Waals surface area contributed by atoms with Gasteiger partial charge < -0.3 is 4.74 Å².